The third-order valence-electron chi connectivity index (χ3n) is 4.82. The summed E-state index contributed by atoms with van der Waals surface area (Å²) in [5.41, 5.74) is 5.87. The lowest BCUT2D eigenvalue weighted by Crippen LogP contribution is -2.11. The van der Waals surface area contributed by atoms with E-state index in [-0.39, 0.29) is 17.7 Å². The fraction of sp³-hybridized carbons (Fsp3) is 0.458. The van der Waals surface area contributed by atoms with Crippen LogP contribution >= 0.6 is 0 Å². The topological polar surface area (TPSA) is 42.4 Å². The number of halogens is 1. The van der Waals surface area contributed by atoms with Gasteiger partial charge in [-0.05, 0) is 41.5 Å². The van der Waals surface area contributed by atoms with Crippen LogP contribution in [0.4, 0.5) is 4.39 Å². The van der Waals surface area contributed by atoms with E-state index in [1.54, 1.807) is 19.2 Å². The van der Waals surface area contributed by atoms with E-state index in [0.717, 1.165) is 33.6 Å². The zero-order valence-corrected chi connectivity index (χ0v) is 17.8. The van der Waals surface area contributed by atoms with Gasteiger partial charge in [0.15, 0.2) is 0 Å². The van der Waals surface area contributed by atoms with Gasteiger partial charge in [-0.1, -0.05) is 58.9 Å². The lowest BCUT2D eigenvalue weighted by atomic mass is 9.87. The molecular weight excluding hydrogens is 353 g/mol. The maximum atomic E-state index is 13.6. The lowest BCUT2D eigenvalue weighted by Gasteiger charge is -2.23. The number of nitrogens with zero attached hydrogens (tertiary/aromatic N) is 1. The number of ether oxygens (including phenoxy) is 1. The van der Waals surface area contributed by atoms with Gasteiger partial charge in [-0.15, -0.1) is 0 Å². The molecule has 1 aromatic carbocycles. The van der Waals surface area contributed by atoms with E-state index in [1.165, 1.54) is 12.1 Å². The van der Waals surface area contributed by atoms with E-state index in [9.17, 15) is 9.50 Å². The maximum absolute atomic E-state index is 13.6. The van der Waals surface area contributed by atoms with Crippen LogP contribution in [0.1, 0.15) is 75.4 Å². The lowest BCUT2D eigenvalue weighted by molar-refractivity contribution is 0.184. The van der Waals surface area contributed by atoms with Crippen molar-refractivity contribution in [3.05, 3.63) is 58.7 Å². The van der Waals surface area contributed by atoms with Gasteiger partial charge >= 0.3 is 0 Å². The van der Waals surface area contributed by atoms with Crippen LogP contribution in [0.15, 0.2) is 30.3 Å². The third kappa shape index (κ3) is 5.06. The summed E-state index contributed by atoms with van der Waals surface area (Å²) in [6.07, 6.45) is 3.89. The summed E-state index contributed by atoms with van der Waals surface area (Å²) in [6, 6.07) is 6.55. The molecule has 1 heterocycles. The summed E-state index contributed by atoms with van der Waals surface area (Å²) >= 11 is 0. The predicted octanol–water partition coefficient (Wildman–Crippen LogP) is 6.07. The number of aromatic nitrogens is 1. The Morgan fingerprint density at radius 2 is 1.68 bits per heavy atom. The molecule has 0 spiro atoms. The summed E-state index contributed by atoms with van der Waals surface area (Å²) < 4.78 is 19.1. The van der Waals surface area contributed by atoms with Crippen molar-refractivity contribution < 1.29 is 14.2 Å². The second-order valence-electron chi connectivity index (χ2n) is 7.73. The van der Waals surface area contributed by atoms with Gasteiger partial charge in [0, 0.05) is 23.9 Å². The van der Waals surface area contributed by atoms with Crippen molar-refractivity contribution in [1.82, 2.24) is 4.98 Å². The van der Waals surface area contributed by atoms with E-state index < -0.39 is 6.10 Å². The molecule has 2 rings (SSSR count). The van der Waals surface area contributed by atoms with Gasteiger partial charge in [-0.3, -0.25) is 4.98 Å². The Balaban J connectivity index is 2.90. The molecule has 1 N–H and O–H groups in total. The minimum Gasteiger partial charge on any atom is -0.389 e. The number of pyridine rings is 1. The molecule has 0 aliphatic carbocycles. The molecule has 0 unspecified atom stereocenters. The number of methoxy groups -OCH3 is 1. The first-order valence-electron chi connectivity index (χ1n) is 9.97. The standard InChI is InChI=1S/C24H32FNO2/c1-7-19(27)12-13-20-22(17-8-10-18(25)11-9-17)21(14-28-6)24(16(4)5)26-23(20)15(2)3/h8-13,15-16,19,27H,7,14H2,1-6H3/b13-12+/t19-/m0/s1. The van der Waals surface area contributed by atoms with E-state index in [4.69, 9.17) is 9.72 Å². The van der Waals surface area contributed by atoms with Crippen molar-refractivity contribution >= 4 is 6.08 Å². The highest BCUT2D eigenvalue weighted by atomic mass is 19.1. The molecule has 0 bridgehead atoms. The average molecular weight is 386 g/mol. The Bertz CT molecular complexity index is 810. The monoisotopic (exact) mass is 385 g/mol. The molecule has 28 heavy (non-hydrogen) atoms. The molecule has 0 saturated carbocycles. The molecule has 1 aromatic heterocycles. The zero-order chi connectivity index (χ0) is 20.8. The normalized spacial score (nSPS) is 13.1. The maximum Gasteiger partial charge on any atom is 0.123 e. The first-order valence-corrected chi connectivity index (χ1v) is 9.97. The van der Waals surface area contributed by atoms with Crippen LogP contribution in [-0.2, 0) is 11.3 Å². The Hall–Kier alpha value is -2.04. The van der Waals surface area contributed by atoms with Crippen molar-refractivity contribution in [2.75, 3.05) is 7.11 Å². The van der Waals surface area contributed by atoms with Crippen LogP contribution in [0.5, 0.6) is 0 Å². The fourth-order valence-corrected chi connectivity index (χ4v) is 3.34. The van der Waals surface area contributed by atoms with Crippen molar-refractivity contribution in [1.29, 1.82) is 0 Å². The number of aliphatic hydroxyl groups is 1. The summed E-state index contributed by atoms with van der Waals surface area (Å²) in [5.74, 6) is 0.158. The van der Waals surface area contributed by atoms with Crippen LogP contribution < -0.4 is 0 Å². The highest BCUT2D eigenvalue weighted by molar-refractivity contribution is 5.80. The van der Waals surface area contributed by atoms with Crippen molar-refractivity contribution in [2.45, 2.75) is 65.6 Å². The predicted molar refractivity (Wildman–Crippen MR) is 114 cm³/mol. The number of benzene rings is 1. The molecule has 2 aromatic rings. The van der Waals surface area contributed by atoms with Gasteiger partial charge in [0.05, 0.1) is 18.4 Å². The molecule has 1 atom stereocenters. The fourth-order valence-electron chi connectivity index (χ4n) is 3.34. The van der Waals surface area contributed by atoms with E-state index >= 15 is 0 Å². The SMILES string of the molecule is CC[C@H](O)/C=C/c1c(C(C)C)nc(C(C)C)c(COC)c1-c1ccc(F)cc1. The van der Waals surface area contributed by atoms with E-state index in [1.807, 2.05) is 19.1 Å². The first-order chi connectivity index (χ1) is 13.3. The minimum absolute atomic E-state index is 0.201. The molecule has 3 nitrogen and oxygen atoms in total. The Kier molecular flexibility index (Phi) is 7.90. The number of aliphatic hydroxyl groups excluding tert-OH is 1. The van der Waals surface area contributed by atoms with Crippen LogP contribution in [0, 0.1) is 5.82 Å². The Labute approximate surface area is 168 Å². The molecule has 0 amide bonds. The molecule has 0 fully saturated rings. The largest absolute Gasteiger partial charge is 0.389 e. The van der Waals surface area contributed by atoms with Gasteiger partial charge in [0.1, 0.15) is 5.82 Å². The van der Waals surface area contributed by atoms with Crippen molar-refractivity contribution in [2.24, 2.45) is 0 Å². The molecule has 0 aliphatic rings. The summed E-state index contributed by atoms with van der Waals surface area (Å²) in [6.45, 7) is 10.8. The van der Waals surface area contributed by atoms with Gasteiger partial charge in [-0.2, -0.15) is 0 Å². The second kappa shape index (κ2) is 9.94. The Morgan fingerprint density at radius 1 is 1.07 bits per heavy atom. The van der Waals surface area contributed by atoms with Crippen LogP contribution in [0.3, 0.4) is 0 Å². The van der Waals surface area contributed by atoms with Crippen LogP contribution in [0.2, 0.25) is 0 Å². The molecule has 0 radical (unpaired) electrons. The molecule has 152 valence electrons. The van der Waals surface area contributed by atoms with Gasteiger partial charge < -0.3 is 9.84 Å². The van der Waals surface area contributed by atoms with Gasteiger partial charge in [0.25, 0.3) is 0 Å². The quantitative estimate of drug-likeness (QED) is 0.600. The number of hydrogen-bond acceptors (Lipinski definition) is 3. The molecule has 0 aliphatic heterocycles. The third-order valence-corrected chi connectivity index (χ3v) is 4.82. The van der Waals surface area contributed by atoms with E-state index in [0.29, 0.717) is 13.0 Å². The summed E-state index contributed by atoms with van der Waals surface area (Å²) in [5, 5.41) is 10.1. The molecular formula is C24H32FNO2. The second-order valence-corrected chi connectivity index (χ2v) is 7.73. The highest BCUT2D eigenvalue weighted by Crippen LogP contribution is 2.37. The van der Waals surface area contributed by atoms with Crippen LogP contribution in [-0.4, -0.2) is 23.3 Å². The van der Waals surface area contributed by atoms with Crippen molar-refractivity contribution in [3.8, 4) is 11.1 Å². The summed E-state index contributed by atoms with van der Waals surface area (Å²) in [4.78, 5) is 5.01. The minimum atomic E-state index is -0.517. The van der Waals surface area contributed by atoms with Crippen molar-refractivity contribution in [3.63, 3.8) is 0 Å². The molecule has 0 saturated heterocycles. The number of rotatable bonds is 8. The van der Waals surface area contributed by atoms with Crippen LogP contribution in [0.25, 0.3) is 17.2 Å². The first kappa shape index (κ1) is 22.3. The summed E-state index contributed by atoms with van der Waals surface area (Å²) in [7, 11) is 1.67. The molecule has 4 heteroatoms. The Morgan fingerprint density at radius 3 is 2.18 bits per heavy atom. The number of hydrogen-bond donors (Lipinski definition) is 1. The zero-order valence-electron chi connectivity index (χ0n) is 17.8. The highest BCUT2D eigenvalue weighted by Gasteiger charge is 2.22. The van der Waals surface area contributed by atoms with E-state index in [2.05, 4.69) is 27.7 Å². The van der Waals surface area contributed by atoms with Gasteiger partial charge in [0.2, 0.25) is 0 Å². The average Bonchev–Trinajstić information content (AvgIpc) is 2.66. The smallest absolute Gasteiger partial charge is 0.123 e. The van der Waals surface area contributed by atoms with Gasteiger partial charge in [-0.25, -0.2) is 4.39 Å².